The molecular formula is C25H34N2O3S. The van der Waals surface area contributed by atoms with E-state index in [-0.39, 0.29) is 11.3 Å². The van der Waals surface area contributed by atoms with Crippen molar-refractivity contribution in [2.24, 2.45) is 0 Å². The maximum atomic E-state index is 13.0. The number of amides is 1. The van der Waals surface area contributed by atoms with Gasteiger partial charge in [-0.3, -0.25) is 4.79 Å². The summed E-state index contributed by atoms with van der Waals surface area (Å²) >= 11 is 0. The van der Waals surface area contributed by atoms with Crippen molar-refractivity contribution in [3.8, 4) is 0 Å². The molecule has 3 rings (SSSR count). The number of rotatable bonds is 5. The van der Waals surface area contributed by atoms with Crippen molar-refractivity contribution >= 4 is 15.9 Å². The molecule has 0 spiro atoms. The lowest BCUT2D eigenvalue weighted by molar-refractivity contribution is -0.131. The van der Waals surface area contributed by atoms with Crippen LogP contribution >= 0.6 is 0 Å². The number of nitrogens with zero attached hydrogens (tertiary/aromatic N) is 2. The zero-order valence-electron chi connectivity index (χ0n) is 19.1. The molecule has 0 bridgehead atoms. The summed E-state index contributed by atoms with van der Waals surface area (Å²) in [5.41, 5.74) is 3.58. The zero-order valence-corrected chi connectivity index (χ0v) is 19.9. The number of carbonyl (C=O) groups is 1. The molecule has 1 heterocycles. The number of hydrogen-bond acceptors (Lipinski definition) is 3. The Morgan fingerprint density at radius 3 is 2.16 bits per heavy atom. The molecule has 0 saturated carbocycles. The van der Waals surface area contributed by atoms with Crippen molar-refractivity contribution in [1.82, 2.24) is 9.21 Å². The number of benzene rings is 2. The van der Waals surface area contributed by atoms with Crippen molar-refractivity contribution in [2.75, 3.05) is 26.2 Å². The maximum absolute atomic E-state index is 13.0. The van der Waals surface area contributed by atoms with Crippen molar-refractivity contribution in [3.05, 3.63) is 65.2 Å². The highest BCUT2D eigenvalue weighted by atomic mass is 32.2. The summed E-state index contributed by atoms with van der Waals surface area (Å²) in [5.74, 6) is 0.0921. The number of carbonyl (C=O) groups excluding carboxylic acids is 1. The van der Waals surface area contributed by atoms with Gasteiger partial charge in [0.05, 0.1) is 4.90 Å². The van der Waals surface area contributed by atoms with Gasteiger partial charge in [-0.1, -0.05) is 62.7 Å². The van der Waals surface area contributed by atoms with Crippen molar-refractivity contribution in [2.45, 2.75) is 57.3 Å². The van der Waals surface area contributed by atoms with Crippen LogP contribution in [0.25, 0.3) is 0 Å². The van der Waals surface area contributed by atoms with Crippen LogP contribution in [0.2, 0.25) is 0 Å². The van der Waals surface area contributed by atoms with Crippen LogP contribution in [0.3, 0.4) is 0 Å². The minimum absolute atomic E-state index is 0.0921. The molecule has 0 unspecified atom stereocenters. The molecule has 0 aromatic heterocycles. The SMILES string of the molecule is Cc1ccc(S(=O)(=O)N2CCCN(C(=O)CCc3ccc(C(C)(C)C)cc3)CC2)cc1. The fraction of sp³-hybridized carbons (Fsp3) is 0.480. The van der Waals surface area contributed by atoms with E-state index in [2.05, 4.69) is 45.0 Å². The highest BCUT2D eigenvalue weighted by molar-refractivity contribution is 7.89. The second-order valence-electron chi connectivity index (χ2n) is 9.40. The third-order valence-electron chi connectivity index (χ3n) is 5.91. The summed E-state index contributed by atoms with van der Waals surface area (Å²) in [7, 11) is -3.53. The highest BCUT2D eigenvalue weighted by Gasteiger charge is 2.28. The molecule has 2 aromatic rings. The molecule has 0 radical (unpaired) electrons. The molecule has 0 N–H and O–H groups in total. The van der Waals surface area contributed by atoms with Gasteiger partial charge in [0, 0.05) is 32.6 Å². The Labute approximate surface area is 187 Å². The van der Waals surface area contributed by atoms with E-state index in [4.69, 9.17) is 0 Å². The lowest BCUT2D eigenvalue weighted by Gasteiger charge is -2.22. The molecule has 2 aromatic carbocycles. The smallest absolute Gasteiger partial charge is 0.243 e. The van der Waals surface area contributed by atoms with Gasteiger partial charge in [-0.2, -0.15) is 4.31 Å². The number of aryl methyl sites for hydroxylation is 2. The van der Waals surface area contributed by atoms with Crippen LogP contribution in [0.5, 0.6) is 0 Å². The summed E-state index contributed by atoms with van der Waals surface area (Å²) in [6.07, 6.45) is 1.79. The summed E-state index contributed by atoms with van der Waals surface area (Å²) in [5, 5.41) is 0. The molecule has 5 nitrogen and oxygen atoms in total. The lowest BCUT2D eigenvalue weighted by Crippen LogP contribution is -2.37. The molecule has 1 amide bonds. The molecule has 0 atom stereocenters. The van der Waals surface area contributed by atoms with Crippen LogP contribution in [0.1, 0.15) is 50.3 Å². The Morgan fingerprint density at radius 2 is 1.55 bits per heavy atom. The largest absolute Gasteiger partial charge is 0.341 e. The molecule has 1 aliphatic rings. The van der Waals surface area contributed by atoms with Gasteiger partial charge in [0.25, 0.3) is 0 Å². The van der Waals surface area contributed by atoms with Crippen LogP contribution in [0.4, 0.5) is 0 Å². The van der Waals surface area contributed by atoms with Gasteiger partial charge in [-0.25, -0.2) is 8.42 Å². The molecule has 1 aliphatic heterocycles. The van der Waals surface area contributed by atoms with Gasteiger partial charge in [-0.05, 0) is 48.4 Å². The molecule has 6 heteroatoms. The second kappa shape index (κ2) is 9.53. The van der Waals surface area contributed by atoms with Crippen LogP contribution in [-0.4, -0.2) is 49.7 Å². The first kappa shape index (κ1) is 23.5. The maximum Gasteiger partial charge on any atom is 0.243 e. The van der Waals surface area contributed by atoms with Crippen molar-refractivity contribution in [3.63, 3.8) is 0 Å². The number of hydrogen-bond donors (Lipinski definition) is 0. The molecule has 168 valence electrons. The Balaban J connectivity index is 1.56. The molecule has 1 saturated heterocycles. The Hall–Kier alpha value is -2.18. The van der Waals surface area contributed by atoms with E-state index in [1.165, 1.54) is 9.87 Å². The minimum Gasteiger partial charge on any atom is -0.341 e. The van der Waals surface area contributed by atoms with Gasteiger partial charge in [-0.15, -0.1) is 0 Å². The quantitative estimate of drug-likeness (QED) is 0.699. The first-order valence-corrected chi connectivity index (χ1v) is 12.5. The summed E-state index contributed by atoms with van der Waals surface area (Å²) < 4.78 is 27.4. The van der Waals surface area contributed by atoms with Gasteiger partial charge >= 0.3 is 0 Å². The lowest BCUT2D eigenvalue weighted by atomic mass is 9.86. The van der Waals surface area contributed by atoms with E-state index in [1.807, 2.05) is 24.0 Å². The normalized spacial score (nSPS) is 16.2. The average molecular weight is 443 g/mol. The van der Waals surface area contributed by atoms with Crippen LogP contribution in [-0.2, 0) is 26.7 Å². The monoisotopic (exact) mass is 442 g/mol. The molecular weight excluding hydrogens is 408 g/mol. The van der Waals surface area contributed by atoms with Crippen molar-refractivity contribution in [1.29, 1.82) is 0 Å². The average Bonchev–Trinajstić information content (AvgIpc) is 2.99. The van der Waals surface area contributed by atoms with Gasteiger partial charge in [0.15, 0.2) is 0 Å². The fourth-order valence-corrected chi connectivity index (χ4v) is 5.29. The second-order valence-corrected chi connectivity index (χ2v) is 11.3. The first-order chi connectivity index (χ1) is 14.6. The van der Waals surface area contributed by atoms with E-state index in [0.717, 1.165) is 11.1 Å². The standard InChI is InChI=1S/C25H34N2O3S/c1-20-6-13-23(14-7-20)31(29,30)27-17-5-16-26(18-19-27)24(28)15-10-21-8-11-22(12-9-21)25(2,3)4/h6-9,11-14H,5,10,15-19H2,1-4H3. The predicted octanol–water partition coefficient (Wildman–Crippen LogP) is 4.15. The number of sulfonamides is 1. The van der Waals surface area contributed by atoms with Crippen molar-refractivity contribution < 1.29 is 13.2 Å². The molecule has 31 heavy (non-hydrogen) atoms. The summed E-state index contributed by atoms with van der Waals surface area (Å²) in [4.78, 5) is 14.9. The summed E-state index contributed by atoms with van der Waals surface area (Å²) in [6.45, 7) is 10.3. The zero-order chi connectivity index (χ0) is 22.6. The first-order valence-electron chi connectivity index (χ1n) is 11.0. The van der Waals surface area contributed by atoms with Crippen LogP contribution < -0.4 is 0 Å². The molecule has 0 aliphatic carbocycles. The summed E-state index contributed by atoms with van der Waals surface area (Å²) in [6, 6.07) is 15.4. The predicted molar refractivity (Wildman–Crippen MR) is 125 cm³/mol. The Bertz CT molecular complexity index is 991. The minimum atomic E-state index is -3.53. The van der Waals surface area contributed by atoms with Crippen LogP contribution in [0.15, 0.2) is 53.4 Å². The van der Waals surface area contributed by atoms with Gasteiger partial charge in [0.2, 0.25) is 15.9 Å². The van der Waals surface area contributed by atoms with E-state index >= 15 is 0 Å². The van der Waals surface area contributed by atoms with E-state index < -0.39 is 10.0 Å². The van der Waals surface area contributed by atoms with Crippen LogP contribution in [0, 0.1) is 6.92 Å². The topological polar surface area (TPSA) is 57.7 Å². The van der Waals surface area contributed by atoms with Gasteiger partial charge < -0.3 is 4.90 Å². The van der Waals surface area contributed by atoms with E-state index in [9.17, 15) is 13.2 Å². The molecule has 1 fully saturated rings. The Morgan fingerprint density at radius 1 is 0.903 bits per heavy atom. The third-order valence-corrected chi connectivity index (χ3v) is 7.83. The third kappa shape index (κ3) is 5.95. The van der Waals surface area contributed by atoms with E-state index in [1.54, 1.807) is 12.1 Å². The fourth-order valence-electron chi connectivity index (χ4n) is 3.82. The van der Waals surface area contributed by atoms with Gasteiger partial charge in [0.1, 0.15) is 0 Å². The Kier molecular flexibility index (Phi) is 7.22. The highest BCUT2D eigenvalue weighted by Crippen LogP contribution is 2.23. The van der Waals surface area contributed by atoms with E-state index in [0.29, 0.717) is 50.3 Å².